The molecule has 1 rings (SSSR count). The largest absolute Gasteiger partial charge is 0.369 e. The summed E-state index contributed by atoms with van der Waals surface area (Å²) in [5.41, 5.74) is 5.14. The Morgan fingerprint density at radius 1 is 1.75 bits per heavy atom. The van der Waals surface area contributed by atoms with Crippen molar-refractivity contribution >= 4 is 28.8 Å². The average molecular weight is 202 g/mol. The topological polar surface area (TPSA) is 43.1 Å². The Labute approximate surface area is 79.6 Å². The molecule has 1 aromatic heterocycles. The number of halogens is 1. The number of primary amides is 1. The number of thiophene rings is 1. The van der Waals surface area contributed by atoms with Crippen molar-refractivity contribution in [3.05, 3.63) is 34.0 Å². The van der Waals surface area contributed by atoms with Gasteiger partial charge in [-0.1, -0.05) is 17.7 Å². The first kappa shape index (κ1) is 9.29. The quantitative estimate of drug-likeness (QED) is 0.749. The predicted octanol–water partition coefficient (Wildman–Crippen LogP) is 2.16. The van der Waals surface area contributed by atoms with E-state index in [-0.39, 0.29) is 0 Å². The number of rotatable bonds is 3. The van der Waals surface area contributed by atoms with Crippen LogP contribution in [0.15, 0.2) is 24.8 Å². The van der Waals surface area contributed by atoms with Gasteiger partial charge in [0.15, 0.2) is 0 Å². The molecule has 0 fully saturated rings. The maximum absolute atomic E-state index is 10.9. The fraction of sp³-hybridized carbons (Fsp3) is 0.125. The molecule has 1 unspecified atom stereocenters. The lowest BCUT2D eigenvalue weighted by molar-refractivity contribution is -0.118. The fourth-order valence-electron chi connectivity index (χ4n) is 0.868. The molecule has 0 radical (unpaired) electrons. The third kappa shape index (κ3) is 1.87. The van der Waals surface area contributed by atoms with Crippen LogP contribution in [0, 0.1) is 0 Å². The first-order valence-electron chi connectivity index (χ1n) is 3.32. The highest BCUT2D eigenvalue weighted by Gasteiger charge is 2.15. The molecule has 1 atom stereocenters. The first-order valence-corrected chi connectivity index (χ1v) is 4.51. The number of carbonyl (C=O) groups excluding carboxylic acids is 1. The molecular formula is C8H8ClNOS. The van der Waals surface area contributed by atoms with Crippen LogP contribution in [0.1, 0.15) is 10.8 Å². The number of amides is 1. The summed E-state index contributed by atoms with van der Waals surface area (Å²) in [5, 5.41) is 0. The second-order valence-corrected chi connectivity index (χ2v) is 4.00. The van der Waals surface area contributed by atoms with Gasteiger partial charge in [-0.25, -0.2) is 0 Å². The van der Waals surface area contributed by atoms with E-state index in [9.17, 15) is 4.79 Å². The van der Waals surface area contributed by atoms with Crippen molar-refractivity contribution in [2.24, 2.45) is 5.73 Å². The van der Waals surface area contributed by atoms with E-state index < -0.39 is 11.8 Å². The monoisotopic (exact) mass is 201 g/mol. The van der Waals surface area contributed by atoms with Crippen molar-refractivity contribution in [3.63, 3.8) is 0 Å². The molecule has 2 nitrogen and oxygen atoms in total. The van der Waals surface area contributed by atoms with Crippen molar-refractivity contribution in [1.82, 2.24) is 0 Å². The number of nitrogens with two attached hydrogens (primary N) is 1. The number of hydrogen-bond donors (Lipinski definition) is 1. The van der Waals surface area contributed by atoms with Crippen LogP contribution >= 0.6 is 22.9 Å². The first-order chi connectivity index (χ1) is 5.65. The van der Waals surface area contributed by atoms with Crippen LogP contribution < -0.4 is 5.73 Å². The lowest BCUT2D eigenvalue weighted by Crippen LogP contribution is -2.18. The zero-order valence-electron chi connectivity index (χ0n) is 6.29. The van der Waals surface area contributed by atoms with Gasteiger partial charge in [0.05, 0.1) is 10.3 Å². The molecule has 0 bridgehead atoms. The van der Waals surface area contributed by atoms with Gasteiger partial charge >= 0.3 is 0 Å². The summed E-state index contributed by atoms with van der Waals surface area (Å²) >= 11 is 7.04. The second kappa shape index (κ2) is 3.74. The average Bonchev–Trinajstić information content (AvgIpc) is 2.37. The summed E-state index contributed by atoms with van der Waals surface area (Å²) in [5.74, 6) is -0.814. The third-order valence-electron chi connectivity index (χ3n) is 1.44. The zero-order valence-corrected chi connectivity index (χ0v) is 7.86. The Balaban J connectivity index is 2.94. The van der Waals surface area contributed by atoms with Crippen LogP contribution in [-0.2, 0) is 4.79 Å². The van der Waals surface area contributed by atoms with Crippen LogP contribution in [0.4, 0.5) is 0 Å². The van der Waals surface area contributed by atoms with Gasteiger partial charge in [-0.05, 0) is 12.1 Å². The minimum atomic E-state index is -0.414. The Morgan fingerprint density at radius 3 is 2.75 bits per heavy atom. The fourth-order valence-corrected chi connectivity index (χ4v) is 2.03. The molecule has 0 spiro atoms. The van der Waals surface area contributed by atoms with E-state index >= 15 is 0 Å². The molecule has 4 heteroatoms. The molecule has 0 aliphatic rings. The van der Waals surface area contributed by atoms with Gasteiger partial charge in [-0.2, -0.15) is 0 Å². The Morgan fingerprint density at radius 2 is 2.42 bits per heavy atom. The van der Waals surface area contributed by atoms with E-state index in [4.69, 9.17) is 17.3 Å². The summed E-state index contributed by atoms with van der Waals surface area (Å²) < 4.78 is 0.651. The SMILES string of the molecule is C=CC(C(N)=O)c1ccc(Cl)s1. The molecule has 0 aliphatic carbocycles. The van der Waals surface area contributed by atoms with Gasteiger partial charge < -0.3 is 5.73 Å². The number of carbonyl (C=O) groups is 1. The van der Waals surface area contributed by atoms with Crippen molar-refractivity contribution in [2.45, 2.75) is 5.92 Å². The van der Waals surface area contributed by atoms with E-state index in [1.54, 1.807) is 12.1 Å². The maximum atomic E-state index is 10.9. The molecule has 12 heavy (non-hydrogen) atoms. The van der Waals surface area contributed by atoms with Crippen LogP contribution in [-0.4, -0.2) is 5.91 Å². The summed E-state index contributed by atoms with van der Waals surface area (Å²) in [7, 11) is 0. The highest BCUT2D eigenvalue weighted by molar-refractivity contribution is 7.16. The molecular weight excluding hydrogens is 194 g/mol. The molecule has 2 N–H and O–H groups in total. The lowest BCUT2D eigenvalue weighted by Gasteiger charge is -2.03. The van der Waals surface area contributed by atoms with E-state index in [2.05, 4.69) is 6.58 Å². The van der Waals surface area contributed by atoms with Crippen LogP contribution in [0.25, 0.3) is 0 Å². The van der Waals surface area contributed by atoms with Gasteiger partial charge in [0, 0.05) is 4.88 Å². The second-order valence-electron chi connectivity index (χ2n) is 2.26. The van der Waals surface area contributed by atoms with Crippen molar-refractivity contribution in [3.8, 4) is 0 Å². The zero-order chi connectivity index (χ0) is 9.14. The molecule has 0 aromatic carbocycles. The maximum Gasteiger partial charge on any atom is 0.229 e. The molecule has 1 heterocycles. The highest BCUT2D eigenvalue weighted by atomic mass is 35.5. The summed E-state index contributed by atoms with van der Waals surface area (Å²) in [4.78, 5) is 11.7. The summed E-state index contributed by atoms with van der Waals surface area (Å²) in [6.45, 7) is 3.53. The third-order valence-corrected chi connectivity index (χ3v) is 2.76. The predicted molar refractivity (Wildman–Crippen MR) is 51.5 cm³/mol. The Kier molecular flexibility index (Phi) is 2.89. The molecule has 0 saturated heterocycles. The van der Waals surface area contributed by atoms with Crippen molar-refractivity contribution in [2.75, 3.05) is 0 Å². The van der Waals surface area contributed by atoms with Gasteiger partial charge in [-0.3, -0.25) is 4.79 Å². The van der Waals surface area contributed by atoms with Crippen molar-refractivity contribution in [1.29, 1.82) is 0 Å². The Bertz CT molecular complexity index is 308. The van der Waals surface area contributed by atoms with E-state index in [0.29, 0.717) is 4.34 Å². The Hall–Kier alpha value is -0.800. The molecule has 1 aromatic rings. The van der Waals surface area contributed by atoms with Gasteiger partial charge in [0.2, 0.25) is 5.91 Å². The normalized spacial score (nSPS) is 12.4. The van der Waals surface area contributed by atoms with Crippen LogP contribution in [0.3, 0.4) is 0 Å². The molecule has 1 amide bonds. The summed E-state index contributed by atoms with van der Waals surface area (Å²) in [6, 6.07) is 3.52. The standard InChI is InChI=1S/C8H8ClNOS/c1-2-5(8(10)11)6-3-4-7(9)12-6/h2-5H,1H2,(H2,10,11). The van der Waals surface area contributed by atoms with E-state index in [1.165, 1.54) is 17.4 Å². The smallest absolute Gasteiger partial charge is 0.229 e. The van der Waals surface area contributed by atoms with Crippen LogP contribution in [0.2, 0.25) is 4.34 Å². The lowest BCUT2D eigenvalue weighted by atomic mass is 10.1. The number of hydrogen-bond acceptors (Lipinski definition) is 2. The van der Waals surface area contributed by atoms with E-state index in [1.807, 2.05) is 0 Å². The van der Waals surface area contributed by atoms with Crippen molar-refractivity contribution < 1.29 is 4.79 Å². The minimum Gasteiger partial charge on any atom is -0.369 e. The van der Waals surface area contributed by atoms with Gasteiger partial charge in [0.1, 0.15) is 0 Å². The van der Waals surface area contributed by atoms with E-state index in [0.717, 1.165) is 4.88 Å². The summed E-state index contributed by atoms with van der Waals surface area (Å²) in [6.07, 6.45) is 1.52. The molecule has 0 aliphatic heterocycles. The van der Waals surface area contributed by atoms with Crippen LogP contribution in [0.5, 0.6) is 0 Å². The van der Waals surface area contributed by atoms with Gasteiger partial charge in [0.25, 0.3) is 0 Å². The molecule has 64 valence electrons. The molecule has 0 saturated carbocycles. The minimum absolute atomic E-state index is 0.400. The van der Waals surface area contributed by atoms with Gasteiger partial charge in [-0.15, -0.1) is 17.9 Å². The highest BCUT2D eigenvalue weighted by Crippen LogP contribution is 2.28.